The van der Waals surface area contributed by atoms with Gasteiger partial charge in [-0.1, -0.05) is 6.07 Å². The molecular formula is C20H14N4O5. The van der Waals surface area contributed by atoms with E-state index in [1.165, 1.54) is 18.3 Å². The predicted octanol–water partition coefficient (Wildman–Crippen LogP) is 2.03. The molecular weight excluding hydrogens is 376 g/mol. The largest absolute Gasteiger partial charge is 0.478 e. The molecule has 0 aliphatic carbocycles. The van der Waals surface area contributed by atoms with Crippen molar-refractivity contribution in [2.24, 2.45) is 5.73 Å². The quantitative estimate of drug-likeness (QED) is 0.548. The third-order valence-corrected chi connectivity index (χ3v) is 5.03. The first-order valence-electron chi connectivity index (χ1n) is 8.76. The Morgan fingerprint density at radius 2 is 2.10 bits per heavy atom. The highest BCUT2D eigenvalue weighted by Gasteiger charge is 2.28. The SMILES string of the molecule is NC(=O)c1cc(C(=O)O)c2oc(CN3Cc4cccn5ncc(c45)C3=O)cc2c1. The fraction of sp³-hybridized carbons (Fsp3) is 0.100. The Labute approximate surface area is 162 Å². The van der Waals surface area contributed by atoms with Crippen molar-refractivity contribution < 1.29 is 23.9 Å². The van der Waals surface area contributed by atoms with Crippen molar-refractivity contribution in [3.8, 4) is 0 Å². The minimum absolute atomic E-state index is 0.0764. The van der Waals surface area contributed by atoms with Crippen molar-refractivity contribution in [3.05, 3.63) is 70.7 Å². The molecule has 0 bridgehead atoms. The minimum Gasteiger partial charge on any atom is -0.478 e. The van der Waals surface area contributed by atoms with Gasteiger partial charge in [0, 0.05) is 23.7 Å². The zero-order valence-corrected chi connectivity index (χ0v) is 15.0. The van der Waals surface area contributed by atoms with Crippen molar-refractivity contribution in [3.63, 3.8) is 0 Å². The first kappa shape index (κ1) is 17.0. The molecule has 4 aromatic rings. The van der Waals surface area contributed by atoms with Gasteiger partial charge in [0.1, 0.15) is 16.9 Å². The van der Waals surface area contributed by atoms with E-state index in [0.717, 1.165) is 11.1 Å². The van der Waals surface area contributed by atoms with Gasteiger partial charge in [-0.3, -0.25) is 9.59 Å². The van der Waals surface area contributed by atoms with Gasteiger partial charge in [0.2, 0.25) is 5.91 Å². The van der Waals surface area contributed by atoms with Crippen LogP contribution in [0.4, 0.5) is 0 Å². The molecule has 4 heterocycles. The van der Waals surface area contributed by atoms with Crippen LogP contribution in [0, 0.1) is 0 Å². The van der Waals surface area contributed by atoms with E-state index in [1.54, 1.807) is 21.7 Å². The number of amides is 2. The monoisotopic (exact) mass is 390 g/mol. The van der Waals surface area contributed by atoms with Crippen molar-refractivity contribution >= 4 is 34.3 Å². The summed E-state index contributed by atoms with van der Waals surface area (Å²) in [5, 5.41) is 14.1. The molecule has 5 rings (SSSR count). The number of carboxylic acid groups (broad SMARTS) is 1. The number of carboxylic acids is 1. The number of aromatic carboxylic acids is 1. The molecule has 29 heavy (non-hydrogen) atoms. The van der Waals surface area contributed by atoms with Crippen LogP contribution in [0.3, 0.4) is 0 Å². The van der Waals surface area contributed by atoms with Crippen LogP contribution in [0.1, 0.15) is 42.4 Å². The van der Waals surface area contributed by atoms with Crippen LogP contribution in [-0.4, -0.2) is 37.4 Å². The highest BCUT2D eigenvalue weighted by Crippen LogP contribution is 2.29. The fourth-order valence-corrected chi connectivity index (χ4v) is 3.75. The van der Waals surface area contributed by atoms with Crippen molar-refractivity contribution in [2.45, 2.75) is 13.1 Å². The van der Waals surface area contributed by atoms with Crippen LogP contribution in [-0.2, 0) is 13.1 Å². The Morgan fingerprint density at radius 1 is 1.28 bits per heavy atom. The van der Waals surface area contributed by atoms with Crippen molar-refractivity contribution in [1.82, 2.24) is 14.5 Å². The van der Waals surface area contributed by atoms with Crippen LogP contribution in [0.15, 0.2) is 47.1 Å². The second-order valence-corrected chi connectivity index (χ2v) is 6.87. The molecule has 0 radical (unpaired) electrons. The van der Waals surface area contributed by atoms with E-state index in [1.807, 2.05) is 12.1 Å². The molecule has 1 aliphatic heterocycles. The molecule has 9 heteroatoms. The molecule has 0 spiro atoms. The fourth-order valence-electron chi connectivity index (χ4n) is 3.75. The zero-order chi connectivity index (χ0) is 20.3. The number of hydrogen-bond acceptors (Lipinski definition) is 5. The number of hydrogen-bond donors (Lipinski definition) is 2. The van der Waals surface area contributed by atoms with E-state index in [2.05, 4.69) is 5.10 Å². The van der Waals surface area contributed by atoms with E-state index < -0.39 is 11.9 Å². The van der Waals surface area contributed by atoms with Gasteiger partial charge in [-0.25, -0.2) is 9.31 Å². The molecule has 3 N–H and O–H groups in total. The van der Waals surface area contributed by atoms with Crippen LogP contribution in [0.5, 0.6) is 0 Å². The van der Waals surface area contributed by atoms with E-state index in [9.17, 15) is 19.5 Å². The number of nitrogens with zero attached hydrogens (tertiary/aromatic N) is 3. The Morgan fingerprint density at radius 3 is 2.86 bits per heavy atom. The summed E-state index contributed by atoms with van der Waals surface area (Å²) in [4.78, 5) is 37.6. The molecule has 2 amide bonds. The maximum absolute atomic E-state index is 12.9. The maximum Gasteiger partial charge on any atom is 0.339 e. The van der Waals surface area contributed by atoms with Gasteiger partial charge in [0.25, 0.3) is 5.91 Å². The van der Waals surface area contributed by atoms with E-state index >= 15 is 0 Å². The molecule has 1 aromatic carbocycles. The number of nitrogens with two attached hydrogens (primary N) is 1. The summed E-state index contributed by atoms with van der Waals surface area (Å²) in [6, 6.07) is 8.08. The lowest BCUT2D eigenvalue weighted by molar-refractivity contribution is 0.0690. The van der Waals surface area contributed by atoms with E-state index in [4.69, 9.17) is 10.2 Å². The Kier molecular flexibility index (Phi) is 3.47. The molecule has 0 atom stereocenters. The summed E-state index contributed by atoms with van der Waals surface area (Å²) < 4.78 is 7.41. The number of carbonyl (C=O) groups is 3. The normalized spacial score (nSPS) is 13.4. The molecule has 0 fully saturated rings. The number of benzene rings is 1. The third kappa shape index (κ3) is 2.55. The highest BCUT2D eigenvalue weighted by molar-refractivity contribution is 6.06. The van der Waals surface area contributed by atoms with Crippen LogP contribution in [0.25, 0.3) is 16.5 Å². The summed E-state index contributed by atoms with van der Waals surface area (Å²) in [7, 11) is 0. The highest BCUT2D eigenvalue weighted by atomic mass is 16.4. The average molecular weight is 390 g/mol. The predicted molar refractivity (Wildman–Crippen MR) is 100 cm³/mol. The Hall–Kier alpha value is -4.14. The second kappa shape index (κ2) is 5.93. The van der Waals surface area contributed by atoms with Gasteiger partial charge < -0.3 is 20.2 Å². The summed E-state index contributed by atoms with van der Waals surface area (Å²) in [5.74, 6) is -1.75. The van der Waals surface area contributed by atoms with Crippen LogP contribution in [0.2, 0.25) is 0 Å². The lowest BCUT2D eigenvalue weighted by atomic mass is 10.1. The lowest BCUT2D eigenvalue weighted by Gasteiger charge is -2.25. The molecule has 1 aliphatic rings. The second-order valence-electron chi connectivity index (χ2n) is 6.87. The number of aromatic nitrogens is 2. The standard InChI is InChI=1S/C20H14N4O5/c21-18(25)12-4-11-5-13(29-17(11)14(6-12)20(27)28)9-23-8-10-2-1-3-24-16(10)15(7-22-24)19(23)26/h1-7H,8-9H2,(H2,21,25)(H,27,28). The first-order chi connectivity index (χ1) is 13.9. The third-order valence-electron chi connectivity index (χ3n) is 5.03. The Balaban J connectivity index is 1.54. The molecule has 144 valence electrons. The number of rotatable bonds is 4. The van der Waals surface area contributed by atoms with Crippen molar-refractivity contribution in [2.75, 3.05) is 0 Å². The topological polar surface area (TPSA) is 131 Å². The summed E-state index contributed by atoms with van der Waals surface area (Å²) in [6.45, 7) is 0.515. The summed E-state index contributed by atoms with van der Waals surface area (Å²) in [5.41, 5.74) is 7.60. The minimum atomic E-state index is -1.23. The average Bonchev–Trinajstić information content (AvgIpc) is 3.29. The Bertz CT molecular complexity index is 1350. The summed E-state index contributed by atoms with van der Waals surface area (Å²) in [6.07, 6.45) is 3.32. The van der Waals surface area contributed by atoms with Gasteiger partial charge in [-0.15, -0.1) is 0 Å². The van der Waals surface area contributed by atoms with Gasteiger partial charge in [-0.2, -0.15) is 5.10 Å². The van der Waals surface area contributed by atoms with Crippen LogP contribution < -0.4 is 5.73 Å². The van der Waals surface area contributed by atoms with Gasteiger partial charge in [-0.05, 0) is 29.8 Å². The molecule has 3 aromatic heterocycles. The van der Waals surface area contributed by atoms with E-state index in [-0.39, 0.29) is 29.2 Å². The number of furan rings is 1. The number of fused-ring (bicyclic) bond motifs is 1. The first-order valence-corrected chi connectivity index (χ1v) is 8.76. The zero-order valence-electron chi connectivity index (χ0n) is 15.0. The maximum atomic E-state index is 12.9. The van der Waals surface area contributed by atoms with Crippen LogP contribution >= 0.6 is 0 Å². The van der Waals surface area contributed by atoms with Crippen molar-refractivity contribution in [1.29, 1.82) is 0 Å². The number of carbonyl (C=O) groups excluding carboxylic acids is 2. The van der Waals surface area contributed by atoms with Gasteiger partial charge in [0.05, 0.1) is 23.8 Å². The van der Waals surface area contributed by atoms with Gasteiger partial charge >= 0.3 is 5.97 Å². The molecule has 0 saturated heterocycles. The number of primary amides is 1. The smallest absolute Gasteiger partial charge is 0.339 e. The number of pyridine rings is 1. The van der Waals surface area contributed by atoms with Gasteiger partial charge in [0.15, 0.2) is 0 Å². The molecule has 9 nitrogen and oxygen atoms in total. The lowest BCUT2D eigenvalue weighted by Crippen LogP contribution is -2.33. The van der Waals surface area contributed by atoms with E-state index in [0.29, 0.717) is 23.3 Å². The molecule has 0 saturated carbocycles. The summed E-state index contributed by atoms with van der Waals surface area (Å²) >= 11 is 0. The molecule has 0 unspecified atom stereocenters.